The summed E-state index contributed by atoms with van der Waals surface area (Å²) in [5.74, 6) is 0.878. The van der Waals surface area contributed by atoms with E-state index in [2.05, 4.69) is 83.2 Å². The third-order valence-corrected chi connectivity index (χ3v) is 6.77. The lowest BCUT2D eigenvalue weighted by molar-refractivity contribution is -0.671. The number of aryl methyl sites for hydroxylation is 1. The van der Waals surface area contributed by atoms with Gasteiger partial charge in [-0.2, -0.15) is 4.57 Å². The normalized spacial score (nSPS) is 14.8. The van der Waals surface area contributed by atoms with Crippen LogP contribution in [-0.2, 0) is 6.54 Å². The summed E-state index contributed by atoms with van der Waals surface area (Å²) in [7, 11) is -0.143. The monoisotopic (exact) mass is 387 g/mol. The first-order chi connectivity index (χ1) is 14.8. The fourth-order valence-electron chi connectivity index (χ4n) is 5.51. The number of furan rings is 1. The van der Waals surface area contributed by atoms with Gasteiger partial charge in [0, 0.05) is 33.9 Å². The molecular weight excluding hydrogens is 371 g/mol. The van der Waals surface area contributed by atoms with Crippen LogP contribution in [0, 0.1) is 6.92 Å². The number of hydrogen-bond acceptors (Lipinski definition) is 3. The average molecular weight is 387 g/mol. The second-order valence-corrected chi connectivity index (χ2v) is 8.51. The summed E-state index contributed by atoms with van der Waals surface area (Å²) >= 11 is 0. The lowest BCUT2D eigenvalue weighted by atomic mass is 9.65. The molecule has 0 bridgehead atoms. The zero-order chi connectivity index (χ0) is 19.6. The third-order valence-electron chi connectivity index (χ3n) is 6.77. The molecule has 30 heavy (non-hydrogen) atoms. The van der Waals surface area contributed by atoms with Gasteiger partial charge >= 0.3 is 7.05 Å². The van der Waals surface area contributed by atoms with Crippen LogP contribution in [0.2, 0.25) is 0 Å². The standard InChI is InChI=1S/C25H16BN2O2/c1-14-7-8-21-16(10-14)17-11-20-23(12-22(17)29-21)30-26-18-5-2-4-15-13-27-9-3-6-19(28(20)26)25(27)24(15)18/h2-12H,13H2,1H3/q+1. The quantitative estimate of drug-likeness (QED) is 0.285. The molecule has 5 heteroatoms. The van der Waals surface area contributed by atoms with E-state index in [1.807, 2.05) is 0 Å². The van der Waals surface area contributed by atoms with E-state index in [4.69, 9.17) is 9.07 Å². The van der Waals surface area contributed by atoms with Gasteiger partial charge in [0.1, 0.15) is 22.6 Å². The van der Waals surface area contributed by atoms with Gasteiger partial charge in [0.2, 0.25) is 5.69 Å². The molecule has 3 aromatic carbocycles. The van der Waals surface area contributed by atoms with E-state index in [0.29, 0.717) is 0 Å². The summed E-state index contributed by atoms with van der Waals surface area (Å²) < 4.78 is 15.1. The van der Waals surface area contributed by atoms with Crippen molar-refractivity contribution in [2.45, 2.75) is 13.5 Å². The number of hydrogen-bond donors (Lipinski definition) is 0. The van der Waals surface area contributed by atoms with Gasteiger partial charge in [-0.15, -0.1) is 0 Å². The topological polar surface area (TPSA) is 29.5 Å². The van der Waals surface area contributed by atoms with Gasteiger partial charge in [0.15, 0.2) is 12.7 Å². The van der Waals surface area contributed by atoms with Crippen molar-refractivity contribution < 1.29 is 13.6 Å². The van der Waals surface area contributed by atoms with E-state index in [9.17, 15) is 0 Å². The van der Waals surface area contributed by atoms with Crippen molar-refractivity contribution in [1.29, 1.82) is 0 Å². The number of rotatable bonds is 0. The lowest BCUT2D eigenvalue weighted by Gasteiger charge is -2.27. The largest absolute Gasteiger partial charge is 0.536 e. The Hall–Kier alpha value is -3.73. The molecule has 0 unspecified atom stereocenters. The molecule has 0 fully saturated rings. The smallest absolute Gasteiger partial charge is 0.525 e. The summed E-state index contributed by atoms with van der Waals surface area (Å²) in [4.78, 5) is 2.35. The molecule has 0 aliphatic carbocycles. The Morgan fingerprint density at radius 3 is 2.83 bits per heavy atom. The maximum Gasteiger partial charge on any atom is 0.525 e. The molecule has 0 atom stereocenters. The van der Waals surface area contributed by atoms with Crippen LogP contribution < -0.4 is 19.5 Å². The molecule has 2 aromatic heterocycles. The molecule has 0 saturated carbocycles. The van der Waals surface area contributed by atoms with E-state index in [1.165, 1.54) is 33.5 Å². The minimum absolute atomic E-state index is 0.143. The minimum Gasteiger partial charge on any atom is -0.536 e. The maximum absolute atomic E-state index is 6.56. The fraction of sp³-hybridized carbons (Fsp3) is 0.0800. The number of anilines is 2. The highest BCUT2D eigenvalue weighted by Gasteiger charge is 2.50. The van der Waals surface area contributed by atoms with E-state index in [-0.39, 0.29) is 7.05 Å². The third kappa shape index (κ3) is 1.65. The molecule has 0 radical (unpaired) electrons. The zero-order valence-corrected chi connectivity index (χ0v) is 16.3. The van der Waals surface area contributed by atoms with Crippen molar-refractivity contribution in [2.75, 3.05) is 4.81 Å². The Kier molecular flexibility index (Phi) is 2.46. The predicted molar refractivity (Wildman–Crippen MR) is 118 cm³/mol. The van der Waals surface area contributed by atoms with Crippen LogP contribution in [0.1, 0.15) is 11.1 Å². The van der Waals surface area contributed by atoms with E-state index in [1.54, 1.807) is 0 Å². The Morgan fingerprint density at radius 2 is 1.87 bits per heavy atom. The molecule has 0 amide bonds. The molecule has 3 aliphatic heterocycles. The van der Waals surface area contributed by atoms with Crippen LogP contribution in [0.15, 0.2) is 71.3 Å². The van der Waals surface area contributed by atoms with Crippen LogP contribution in [0.25, 0.3) is 33.2 Å². The van der Waals surface area contributed by atoms with Crippen LogP contribution >= 0.6 is 0 Å². The fourth-order valence-corrected chi connectivity index (χ4v) is 5.51. The first-order valence-corrected chi connectivity index (χ1v) is 10.3. The van der Waals surface area contributed by atoms with Crippen molar-refractivity contribution in [3.05, 3.63) is 78.0 Å². The average Bonchev–Trinajstić information content (AvgIpc) is 3.42. The minimum atomic E-state index is -0.143. The Balaban J connectivity index is 1.45. The van der Waals surface area contributed by atoms with Gasteiger partial charge in [-0.05, 0) is 31.2 Å². The summed E-state index contributed by atoms with van der Waals surface area (Å²) in [6.07, 6.45) is 2.18. The summed E-state index contributed by atoms with van der Waals surface area (Å²) in [6.45, 7) is 3.04. The molecule has 3 aliphatic rings. The summed E-state index contributed by atoms with van der Waals surface area (Å²) in [5.41, 5.74) is 10.6. The molecule has 140 valence electrons. The Bertz CT molecular complexity index is 1590. The van der Waals surface area contributed by atoms with Gasteiger partial charge in [0.25, 0.3) is 0 Å². The molecule has 8 rings (SSSR count). The molecule has 5 aromatic rings. The summed E-state index contributed by atoms with van der Waals surface area (Å²) in [5, 5.41) is 2.29. The van der Waals surface area contributed by atoms with E-state index >= 15 is 0 Å². The van der Waals surface area contributed by atoms with E-state index < -0.39 is 0 Å². The van der Waals surface area contributed by atoms with Gasteiger partial charge in [-0.3, -0.25) is 0 Å². The van der Waals surface area contributed by atoms with Gasteiger partial charge in [-0.25, -0.2) is 0 Å². The number of fused-ring (bicyclic) bond motifs is 8. The van der Waals surface area contributed by atoms with Gasteiger partial charge in [-0.1, -0.05) is 29.8 Å². The van der Waals surface area contributed by atoms with Gasteiger partial charge < -0.3 is 13.9 Å². The molecule has 0 spiro atoms. The summed E-state index contributed by atoms with van der Waals surface area (Å²) in [6, 6.07) is 21.6. The Labute approximate surface area is 173 Å². The lowest BCUT2D eigenvalue weighted by Crippen LogP contribution is -2.51. The second kappa shape index (κ2) is 4.87. The molecule has 0 N–H and O–H groups in total. The highest BCUT2D eigenvalue weighted by Crippen LogP contribution is 2.50. The number of aromatic nitrogens is 1. The number of benzene rings is 3. The maximum atomic E-state index is 6.56. The van der Waals surface area contributed by atoms with Crippen LogP contribution in [0.4, 0.5) is 11.4 Å². The molecule has 0 saturated heterocycles. The van der Waals surface area contributed by atoms with Crippen molar-refractivity contribution >= 4 is 45.8 Å². The SMILES string of the molecule is Cc1ccc2oc3cc4c(cc3c2c1)N1B(O4)c2cccc3c2-c2c1ccc[n+]2C3. The van der Waals surface area contributed by atoms with Crippen molar-refractivity contribution in [3.63, 3.8) is 0 Å². The predicted octanol–water partition coefficient (Wildman–Crippen LogP) is 4.45. The van der Waals surface area contributed by atoms with Crippen molar-refractivity contribution in [1.82, 2.24) is 0 Å². The van der Waals surface area contributed by atoms with Crippen LogP contribution in [0.3, 0.4) is 0 Å². The molecule has 5 heterocycles. The van der Waals surface area contributed by atoms with Crippen LogP contribution in [-0.4, -0.2) is 7.05 Å². The van der Waals surface area contributed by atoms with Crippen molar-refractivity contribution in [2.24, 2.45) is 0 Å². The van der Waals surface area contributed by atoms with Crippen LogP contribution in [0.5, 0.6) is 5.75 Å². The first kappa shape index (κ1) is 15.2. The first-order valence-electron chi connectivity index (χ1n) is 10.3. The molecule has 4 nitrogen and oxygen atoms in total. The zero-order valence-electron chi connectivity index (χ0n) is 16.3. The second-order valence-electron chi connectivity index (χ2n) is 8.51. The number of nitrogens with zero attached hydrogens (tertiary/aromatic N) is 2. The van der Waals surface area contributed by atoms with Crippen molar-refractivity contribution in [3.8, 4) is 17.0 Å². The highest BCUT2D eigenvalue weighted by atomic mass is 16.5. The van der Waals surface area contributed by atoms with E-state index in [0.717, 1.165) is 39.9 Å². The Morgan fingerprint density at radius 1 is 0.933 bits per heavy atom. The highest BCUT2D eigenvalue weighted by molar-refractivity contribution is 6.77. The molecular formula is C25H16BN2O2+. The number of pyridine rings is 1. The van der Waals surface area contributed by atoms with Gasteiger partial charge in [0.05, 0.1) is 11.3 Å².